The van der Waals surface area contributed by atoms with Gasteiger partial charge in [-0.1, -0.05) is 29.8 Å². The smallest absolute Gasteiger partial charge is 0.406 e. The van der Waals surface area contributed by atoms with Crippen LogP contribution in [0.5, 0.6) is 5.75 Å². The lowest BCUT2D eigenvalue weighted by Crippen LogP contribution is -2.38. The van der Waals surface area contributed by atoms with E-state index in [-0.39, 0.29) is 48.1 Å². The molecule has 4 N–H and O–H groups in total. The van der Waals surface area contributed by atoms with Gasteiger partial charge in [0.1, 0.15) is 5.75 Å². The molecule has 0 fully saturated rings. The number of amides is 1. The summed E-state index contributed by atoms with van der Waals surface area (Å²) in [5.74, 6) is -0.307. The molecule has 2 rings (SSSR count). The van der Waals surface area contributed by atoms with Gasteiger partial charge in [-0.3, -0.25) is 4.79 Å². The zero-order valence-electron chi connectivity index (χ0n) is 15.6. The van der Waals surface area contributed by atoms with E-state index in [1.54, 1.807) is 12.1 Å². The number of carbonyl (C=O) groups excluding carboxylic acids is 1. The third-order valence-electron chi connectivity index (χ3n) is 3.59. The number of carbonyl (C=O) groups is 1. The summed E-state index contributed by atoms with van der Waals surface area (Å²) in [7, 11) is 0. The summed E-state index contributed by atoms with van der Waals surface area (Å²) >= 11 is 0. The van der Waals surface area contributed by atoms with E-state index < -0.39 is 6.36 Å². The molecule has 0 unspecified atom stereocenters. The maximum absolute atomic E-state index is 12.1. The van der Waals surface area contributed by atoms with Crippen molar-refractivity contribution in [3.05, 3.63) is 65.2 Å². The number of nitrogens with one attached hydrogen (secondary N) is 2. The number of rotatable bonds is 7. The number of alkyl halides is 3. The molecule has 0 saturated carbocycles. The third-order valence-corrected chi connectivity index (χ3v) is 3.59. The molecular formula is C19H22F3IN4O2. The van der Waals surface area contributed by atoms with Gasteiger partial charge >= 0.3 is 6.36 Å². The fourth-order valence-corrected chi connectivity index (χ4v) is 2.28. The Morgan fingerprint density at radius 1 is 1.10 bits per heavy atom. The summed E-state index contributed by atoms with van der Waals surface area (Å²) in [6.45, 7) is 2.84. The zero-order chi connectivity index (χ0) is 20.6. The van der Waals surface area contributed by atoms with Crippen molar-refractivity contribution in [2.24, 2.45) is 10.7 Å². The number of nitrogens with zero attached hydrogens (tertiary/aromatic N) is 1. The summed E-state index contributed by atoms with van der Waals surface area (Å²) in [6, 6.07) is 12.6. The quantitative estimate of drug-likeness (QED) is 0.225. The number of nitrogens with two attached hydrogens (primary N) is 1. The Morgan fingerprint density at radius 2 is 1.76 bits per heavy atom. The first-order valence-electron chi connectivity index (χ1n) is 8.46. The number of aliphatic imine (C=N–C) groups is 1. The molecule has 29 heavy (non-hydrogen) atoms. The number of guanidine groups is 1. The van der Waals surface area contributed by atoms with Gasteiger partial charge in [-0.05, 0) is 36.8 Å². The predicted molar refractivity (Wildman–Crippen MR) is 115 cm³/mol. The van der Waals surface area contributed by atoms with E-state index in [9.17, 15) is 18.0 Å². The monoisotopic (exact) mass is 522 g/mol. The lowest BCUT2D eigenvalue weighted by molar-refractivity contribution is -0.274. The van der Waals surface area contributed by atoms with Gasteiger partial charge < -0.3 is 21.1 Å². The first kappa shape index (κ1) is 24.5. The van der Waals surface area contributed by atoms with Crippen LogP contribution in [-0.4, -0.2) is 31.3 Å². The molecule has 10 heteroatoms. The highest BCUT2D eigenvalue weighted by atomic mass is 127. The fraction of sp³-hybridized carbons (Fsp3) is 0.263. The topological polar surface area (TPSA) is 88.7 Å². The largest absolute Gasteiger partial charge is 0.573 e. The zero-order valence-corrected chi connectivity index (χ0v) is 18.0. The van der Waals surface area contributed by atoms with Crippen LogP contribution in [0.3, 0.4) is 0 Å². The van der Waals surface area contributed by atoms with Gasteiger partial charge in [-0.15, -0.1) is 37.1 Å². The third kappa shape index (κ3) is 9.50. The molecule has 0 spiro atoms. The number of hydrogen-bond acceptors (Lipinski definition) is 3. The molecular weight excluding hydrogens is 500 g/mol. The number of halogens is 4. The molecule has 0 radical (unpaired) electrons. The first-order chi connectivity index (χ1) is 13.2. The second-order valence-electron chi connectivity index (χ2n) is 5.95. The summed E-state index contributed by atoms with van der Waals surface area (Å²) in [6.07, 6.45) is -4.72. The molecule has 0 aliphatic carbocycles. The van der Waals surface area contributed by atoms with Crippen LogP contribution in [0, 0.1) is 6.92 Å². The van der Waals surface area contributed by atoms with Crippen molar-refractivity contribution in [3.8, 4) is 5.75 Å². The predicted octanol–water partition coefficient (Wildman–Crippen LogP) is 3.35. The van der Waals surface area contributed by atoms with Crippen LogP contribution in [0.25, 0.3) is 0 Å². The van der Waals surface area contributed by atoms with Gasteiger partial charge in [0.15, 0.2) is 5.96 Å². The Morgan fingerprint density at radius 3 is 2.38 bits per heavy atom. The molecule has 0 atom stereocenters. The van der Waals surface area contributed by atoms with E-state index in [2.05, 4.69) is 20.4 Å². The maximum atomic E-state index is 12.1. The molecule has 0 heterocycles. The van der Waals surface area contributed by atoms with E-state index >= 15 is 0 Å². The Balaban J connectivity index is 0.00000420. The SMILES string of the molecule is Cc1cccc(C(=O)NCCNC(N)=NCc2ccc(OC(F)(F)F)cc2)c1.I. The second-order valence-corrected chi connectivity index (χ2v) is 5.95. The minimum atomic E-state index is -4.72. The van der Waals surface area contributed by atoms with Crippen LogP contribution in [0.1, 0.15) is 21.5 Å². The molecule has 158 valence electrons. The van der Waals surface area contributed by atoms with Gasteiger partial charge in [0.25, 0.3) is 5.91 Å². The van der Waals surface area contributed by atoms with Crippen molar-refractivity contribution in [1.29, 1.82) is 0 Å². The van der Waals surface area contributed by atoms with Gasteiger partial charge in [-0.25, -0.2) is 4.99 Å². The van der Waals surface area contributed by atoms with E-state index in [0.717, 1.165) is 5.56 Å². The highest BCUT2D eigenvalue weighted by Crippen LogP contribution is 2.22. The van der Waals surface area contributed by atoms with E-state index in [1.165, 1.54) is 24.3 Å². The van der Waals surface area contributed by atoms with Crippen molar-refractivity contribution >= 4 is 35.8 Å². The Hall–Kier alpha value is -2.50. The van der Waals surface area contributed by atoms with Crippen LogP contribution < -0.4 is 21.1 Å². The van der Waals surface area contributed by atoms with Crippen molar-refractivity contribution in [3.63, 3.8) is 0 Å². The standard InChI is InChI=1S/C19H21F3N4O2.HI/c1-13-3-2-4-15(11-13)17(27)24-9-10-25-18(23)26-12-14-5-7-16(8-6-14)28-19(20,21)22;/h2-8,11H,9-10,12H2,1H3,(H,24,27)(H3,23,25,26);1H. The van der Waals surface area contributed by atoms with Gasteiger partial charge in [0.05, 0.1) is 6.54 Å². The summed E-state index contributed by atoms with van der Waals surface area (Å²) < 4.78 is 40.1. The normalized spacial score (nSPS) is 11.4. The minimum absolute atomic E-state index is 0. The van der Waals surface area contributed by atoms with Crippen molar-refractivity contribution in [2.45, 2.75) is 19.8 Å². The number of benzene rings is 2. The van der Waals surface area contributed by atoms with E-state index in [0.29, 0.717) is 24.2 Å². The molecule has 0 aliphatic heterocycles. The summed E-state index contributed by atoms with van der Waals surface area (Å²) in [4.78, 5) is 16.1. The Bertz CT molecular complexity index is 827. The number of aryl methyl sites for hydroxylation is 1. The lowest BCUT2D eigenvalue weighted by Gasteiger charge is -2.09. The number of hydrogen-bond donors (Lipinski definition) is 3. The van der Waals surface area contributed by atoms with E-state index in [4.69, 9.17) is 5.73 Å². The van der Waals surface area contributed by atoms with Crippen LogP contribution in [0.4, 0.5) is 13.2 Å². The van der Waals surface area contributed by atoms with Crippen LogP contribution in [-0.2, 0) is 6.54 Å². The van der Waals surface area contributed by atoms with Crippen LogP contribution in [0.2, 0.25) is 0 Å². The van der Waals surface area contributed by atoms with Crippen molar-refractivity contribution < 1.29 is 22.7 Å². The van der Waals surface area contributed by atoms with E-state index in [1.807, 2.05) is 19.1 Å². The highest BCUT2D eigenvalue weighted by molar-refractivity contribution is 14.0. The molecule has 0 aliphatic rings. The lowest BCUT2D eigenvalue weighted by atomic mass is 10.1. The average Bonchev–Trinajstić information content (AvgIpc) is 2.63. The Kier molecular flexibility index (Phi) is 9.72. The fourth-order valence-electron chi connectivity index (χ4n) is 2.28. The molecule has 1 amide bonds. The Labute approximate surface area is 183 Å². The number of ether oxygens (including phenoxy) is 1. The van der Waals surface area contributed by atoms with Crippen LogP contribution >= 0.6 is 24.0 Å². The average molecular weight is 522 g/mol. The summed E-state index contributed by atoms with van der Waals surface area (Å²) in [5.41, 5.74) is 7.99. The van der Waals surface area contributed by atoms with Gasteiger partial charge in [0.2, 0.25) is 0 Å². The molecule has 0 saturated heterocycles. The molecule has 2 aromatic rings. The van der Waals surface area contributed by atoms with Crippen LogP contribution in [0.15, 0.2) is 53.5 Å². The minimum Gasteiger partial charge on any atom is -0.406 e. The van der Waals surface area contributed by atoms with Crippen molar-refractivity contribution in [2.75, 3.05) is 13.1 Å². The second kappa shape index (κ2) is 11.5. The molecule has 6 nitrogen and oxygen atoms in total. The highest BCUT2D eigenvalue weighted by Gasteiger charge is 2.30. The molecule has 0 aromatic heterocycles. The van der Waals surface area contributed by atoms with Gasteiger partial charge in [0, 0.05) is 18.7 Å². The summed E-state index contributed by atoms with van der Waals surface area (Å²) in [5, 5.41) is 5.62. The molecule has 2 aromatic carbocycles. The first-order valence-corrected chi connectivity index (χ1v) is 8.46. The maximum Gasteiger partial charge on any atom is 0.573 e. The molecule has 0 bridgehead atoms. The van der Waals surface area contributed by atoms with Crippen molar-refractivity contribution in [1.82, 2.24) is 10.6 Å². The van der Waals surface area contributed by atoms with Gasteiger partial charge in [-0.2, -0.15) is 0 Å².